The van der Waals surface area contributed by atoms with Crippen LogP contribution in [0.4, 0.5) is 0 Å². The lowest BCUT2D eigenvalue weighted by Gasteiger charge is -2.21. The van der Waals surface area contributed by atoms with Crippen LogP contribution in [0.25, 0.3) is 0 Å². The fraction of sp³-hybridized carbons (Fsp3) is 0.640. The molecule has 0 amide bonds. The number of hydrogen-bond donors (Lipinski definition) is 3. The van der Waals surface area contributed by atoms with Gasteiger partial charge in [-0.1, -0.05) is 313 Å². The molecule has 108 heavy (non-hydrogen) atoms. The van der Waals surface area contributed by atoms with Crippen LogP contribution in [0.5, 0.6) is 0 Å². The highest BCUT2D eigenvalue weighted by Gasteiger charge is 2.30. The maximum Gasteiger partial charge on any atom is 0.472 e. The van der Waals surface area contributed by atoms with Gasteiger partial charge in [0.2, 0.25) is 0 Å². The second-order valence-electron chi connectivity index (χ2n) is 27.0. The van der Waals surface area contributed by atoms with Gasteiger partial charge in [-0.15, -0.1) is 0 Å². The number of hydrogen-bond acceptors (Lipinski definition) is 15. The lowest BCUT2D eigenvalue weighted by molar-refractivity contribution is -0.161. The Hall–Kier alpha value is -5.58. The van der Waals surface area contributed by atoms with E-state index < -0.39 is 97.5 Å². The van der Waals surface area contributed by atoms with Gasteiger partial charge in [0.1, 0.15) is 19.3 Å². The summed E-state index contributed by atoms with van der Waals surface area (Å²) in [6, 6.07) is 0. The van der Waals surface area contributed by atoms with Crippen molar-refractivity contribution < 1.29 is 80.2 Å². The van der Waals surface area contributed by atoms with Crippen molar-refractivity contribution in [1.82, 2.24) is 0 Å². The molecule has 0 aromatic carbocycles. The molecule has 0 rings (SSSR count). The molecule has 0 aromatic rings. The molecular formula is C89H146O17P2. The molecule has 0 bridgehead atoms. The van der Waals surface area contributed by atoms with Crippen molar-refractivity contribution in [3.63, 3.8) is 0 Å². The van der Waals surface area contributed by atoms with Gasteiger partial charge in [0, 0.05) is 25.7 Å². The van der Waals surface area contributed by atoms with Crippen LogP contribution in [0.1, 0.15) is 310 Å². The standard InChI is InChI=1S/C89H146O17P2/c1-5-9-13-17-21-25-29-33-36-39-41-44-46-50-53-57-61-65-69-73-86(91)99-79-84(105-88(93)75-71-67-63-59-55-49-32-28-24-20-16-12-8-4)81-103-107(95,96)101-77-83(90)78-102-108(97,98)104-82-85(106-89(94)76-72-68-64-60-56-52-48-43-38-35-31-27-23-19-15-11-7-3)80-100-87(92)74-70-66-62-58-54-51-47-45-42-40-37-34-30-26-22-18-14-10-6-2/h21-23,25-27,33-38,41-42,44-45,48,50-54,60-62,64-66,83-85,90H,5-20,24,28-32,39-40,43,46-47,49,55-59,63,67-82H2,1-4H3,(H,95,96)(H,97,98)/b25-21-,26-22-,27-23-,36-33-,37-34-,38-35-,44-41-,45-42-,52-48-,53-50-,54-51-,64-60-,65-61-,66-62-/t83-,84+,85+/m0/s1. The van der Waals surface area contributed by atoms with Crippen molar-refractivity contribution in [1.29, 1.82) is 0 Å². The first-order valence-corrected chi connectivity index (χ1v) is 44.4. The Kier molecular flexibility index (Phi) is 75.4. The highest BCUT2D eigenvalue weighted by Crippen LogP contribution is 2.45. The van der Waals surface area contributed by atoms with E-state index in [1.165, 1.54) is 109 Å². The van der Waals surface area contributed by atoms with E-state index in [1.807, 2.05) is 42.5 Å². The first-order valence-electron chi connectivity index (χ1n) is 41.4. The number of phosphoric ester groups is 2. The largest absolute Gasteiger partial charge is 0.472 e. The van der Waals surface area contributed by atoms with Crippen molar-refractivity contribution in [3.8, 4) is 0 Å². The third-order valence-electron chi connectivity index (χ3n) is 16.7. The fourth-order valence-electron chi connectivity index (χ4n) is 10.4. The third-order valence-corrected chi connectivity index (χ3v) is 18.6. The van der Waals surface area contributed by atoms with Crippen LogP contribution in [0, 0.1) is 0 Å². The minimum absolute atomic E-state index is 0.00353. The van der Waals surface area contributed by atoms with Gasteiger partial charge in [-0.2, -0.15) is 0 Å². The lowest BCUT2D eigenvalue weighted by Crippen LogP contribution is -2.30. The molecule has 0 spiro atoms. The number of unbranched alkanes of at least 4 members (excludes halogenated alkanes) is 22. The summed E-state index contributed by atoms with van der Waals surface area (Å²) < 4.78 is 68.4. The summed E-state index contributed by atoms with van der Waals surface area (Å²) in [5.74, 6) is -2.44. The average Bonchev–Trinajstić information content (AvgIpc) is 0.886. The summed E-state index contributed by atoms with van der Waals surface area (Å²) in [4.78, 5) is 73.0. The molecule has 3 N–H and O–H groups in total. The van der Waals surface area contributed by atoms with E-state index in [-0.39, 0.29) is 25.7 Å². The molecule has 0 radical (unpaired) electrons. The predicted molar refractivity (Wildman–Crippen MR) is 445 cm³/mol. The molecule has 0 heterocycles. The van der Waals surface area contributed by atoms with E-state index in [2.05, 4.69) is 155 Å². The zero-order chi connectivity index (χ0) is 78.9. The second kappa shape index (κ2) is 79.5. The lowest BCUT2D eigenvalue weighted by atomic mass is 10.0. The quantitative estimate of drug-likeness (QED) is 0.0169. The van der Waals surface area contributed by atoms with Crippen molar-refractivity contribution >= 4 is 39.5 Å². The van der Waals surface area contributed by atoms with Crippen molar-refractivity contribution in [3.05, 3.63) is 170 Å². The molecule has 0 aliphatic rings. The van der Waals surface area contributed by atoms with Gasteiger partial charge in [-0.3, -0.25) is 37.3 Å². The van der Waals surface area contributed by atoms with Gasteiger partial charge in [-0.25, -0.2) is 9.13 Å². The monoisotopic (exact) mass is 1550 g/mol. The van der Waals surface area contributed by atoms with Gasteiger partial charge in [0.25, 0.3) is 0 Å². The van der Waals surface area contributed by atoms with E-state index in [1.54, 1.807) is 0 Å². The summed E-state index contributed by atoms with van der Waals surface area (Å²) in [7, 11) is -10.0. The highest BCUT2D eigenvalue weighted by atomic mass is 31.2. The Morgan fingerprint density at radius 3 is 0.769 bits per heavy atom. The van der Waals surface area contributed by atoms with Gasteiger partial charge >= 0.3 is 39.5 Å². The molecule has 614 valence electrons. The van der Waals surface area contributed by atoms with Crippen LogP contribution in [-0.2, 0) is 65.4 Å². The zero-order valence-corrected chi connectivity index (χ0v) is 69.0. The first kappa shape index (κ1) is 102. The van der Waals surface area contributed by atoms with Gasteiger partial charge in [0.05, 0.1) is 26.4 Å². The third kappa shape index (κ3) is 78.5. The molecule has 17 nitrogen and oxygen atoms in total. The number of aliphatic hydroxyl groups is 1. The molecule has 0 saturated carbocycles. The SMILES string of the molecule is CCCCC/C=C\C/C=C\C/C=C\C/C=C\C/C=C\CCC(=O)OC[C@H](COP(=O)(O)OC[C@@H](O)COP(=O)(O)OC[C@@H](COC(=O)CC/C=C\C/C=C\C/C=C\C/C=C\C/C=C\CCCCC)OC(=O)CCCCCCCCCCCCCCC)OC(=O)CCC/C=C\C/C=C\C/C=C\C/C=C\CCCCC. The molecule has 0 aromatic heterocycles. The fourth-order valence-corrected chi connectivity index (χ4v) is 11.9. The molecule has 0 saturated heterocycles. The second-order valence-corrected chi connectivity index (χ2v) is 29.9. The van der Waals surface area contributed by atoms with Crippen LogP contribution in [0.15, 0.2) is 170 Å². The van der Waals surface area contributed by atoms with Gasteiger partial charge < -0.3 is 33.8 Å². The topological polar surface area (TPSA) is 237 Å². The van der Waals surface area contributed by atoms with Crippen LogP contribution in [0.2, 0.25) is 0 Å². The normalized spacial score (nSPS) is 14.7. The summed E-state index contributed by atoms with van der Waals surface area (Å²) in [5, 5.41) is 10.6. The number of aliphatic hydroxyl groups excluding tert-OH is 1. The summed E-state index contributed by atoms with van der Waals surface area (Å²) >= 11 is 0. The van der Waals surface area contributed by atoms with Gasteiger partial charge in [0.15, 0.2) is 12.2 Å². The molecule has 19 heteroatoms. The molecule has 2 unspecified atom stereocenters. The summed E-state index contributed by atoms with van der Waals surface area (Å²) in [6.45, 7) is 4.56. The van der Waals surface area contributed by atoms with Crippen LogP contribution < -0.4 is 0 Å². The predicted octanol–water partition coefficient (Wildman–Crippen LogP) is 24.6. The molecule has 5 atom stereocenters. The maximum absolute atomic E-state index is 13.1. The van der Waals surface area contributed by atoms with E-state index in [9.17, 15) is 43.2 Å². The Balaban J connectivity index is 5.54. The average molecular weight is 1550 g/mol. The number of allylic oxidation sites excluding steroid dienone is 28. The van der Waals surface area contributed by atoms with E-state index in [4.69, 9.17) is 37.0 Å². The minimum Gasteiger partial charge on any atom is -0.462 e. The Morgan fingerprint density at radius 2 is 0.481 bits per heavy atom. The minimum atomic E-state index is -5.02. The van der Waals surface area contributed by atoms with E-state index in [0.717, 1.165) is 103 Å². The number of carbonyl (C=O) groups is 4. The maximum atomic E-state index is 13.1. The smallest absolute Gasteiger partial charge is 0.462 e. The van der Waals surface area contributed by atoms with Crippen LogP contribution in [0.3, 0.4) is 0 Å². The van der Waals surface area contributed by atoms with Crippen molar-refractivity contribution in [2.75, 3.05) is 39.6 Å². The van der Waals surface area contributed by atoms with Crippen molar-refractivity contribution in [2.45, 2.75) is 329 Å². The Morgan fingerprint density at radius 1 is 0.259 bits per heavy atom. The van der Waals surface area contributed by atoms with E-state index in [0.29, 0.717) is 44.9 Å². The van der Waals surface area contributed by atoms with E-state index >= 15 is 0 Å². The molecule has 0 fully saturated rings. The Labute approximate surface area is 654 Å². The van der Waals surface area contributed by atoms with Crippen LogP contribution in [-0.4, -0.2) is 96.7 Å². The van der Waals surface area contributed by atoms with Crippen LogP contribution >= 0.6 is 15.6 Å². The summed E-state index contributed by atoms with van der Waals surface area (Å²) in [6.07, 6.45) is 95.1. The number of esters is 4. The number of carbonyl (C=O) groups excluding carboxylic acids is 4. The number of rotatable bonds is 76. The van der Waals surface area contributed by atoms with Gasteiger partial charge in [-0.05, 0) is 141 Å². The Bertz CT molecular complexity index is 2710. The summed E-state index contributed by atoms with van der Waals surface area (Å²) in [5.41, 5.74) is 0. The molecular weight excluding hydrogens is 1400 g/mol. The zero-order valence-electron chi connectivity index (χ0n) is 67.2. The number of ether oxygens (including phenoxy) is 4. The molecule has 0 aliphatic carbocycles. The molecule has 0 aliphatic heterocycles. The van der Waals surface area contributed by atoms with Crippen molar-refractivity contribution in [2.24, 2.45) is 0 Å². The first-order chi connectivity index (χ1) is 52.7. The highest BCUT2D eigenvalue weighted by molar-refractivity contribution is 7.47. The number of phosphoric acid groups is 2.